The van der Waals surface area contributed by atoms with Crippen LogP contribution < -0.4 is 10.2 Å². The maximum absolute atomic E-state index is 15.2. The van der Waals surface area contributed by atoms with Gasteiger partial charge in [-0.05, 0) is 43.3 Å². The molecule has 0 saturated heterocycles. The molecule has 200 valence electrons. The normalized spacial score (nSPS) is 11.8. The largest absolute Gasteiger partial charge is 0.417 e. The zero-order chi connectivity index (χ0) is 27.9. The number of benzene rings is 2. The zero-order valence-electron chi connectivity index (χ0n) is 19.8. The van der Waals surface area contributed by atoms with E-state index in [9.17, 15) is 26.7 Å². The van der Waals surface area contributed by atoms with Crippen LogP contribution in [0.4, 0.5) is 26.3 Å². The first-order valence-corrected chi connectivity index (χ1v) is 11.1. The first-order valence-electron chi connectivity index (χ1n) is 11.1. The van der Waals surface area contributed by atoms with Crippen LogP contribution in [0.1, 0.15) is 11.3 Å². The van der Waals surface area contributed by atoms with Crippen molar-refractivity contribution in [1.82, 2.24) is 29.3 Å². The van der Waals surface area contributed by atoms with Gasteiger partial charge in [0.25, 0.3) is 0 Å². The second-order valence-corrected chi connectivity index (χ2v) is 8.20. The molecule has 0 aliphatic carbocycles. The monoisotopic (exact) mass is 546 g/mol. The quantitative estimate of drug-likeness (QED) is 0.269. The Labute approximate surface area is 215 Å². The van der Waals surface area contributed by atoms with Crippen LogP contribution in [0.2, 0.25) is 0 Å². The second-order valence-electron chi connectivity index (χ2n) is 8.20. The lowest BCUT2D eigenvalue weighted by atomic mass is 10.2. The summed E-state index contributed by atoms with van der Waals surface area (Å²) < 4.78 is 87.8. The van der Waals surface area contributed by atoms with Gasteiger partial charge in [-0.15, -0.1) is 0 Å². The second kappa shape index (κ2) is 9.78. The van der Waals surface area contributed by atoms with Gasteiger partial charge in [-0.3, -0.25) is 4.79 Å². The summed E-state index contributed by atoms with van der Waals surface area (Å²) in [7, 11) is 0. The van der Waals surface area contributed by atoms with Gasteiger partial charge in [0.15, 0.2) is 11.5 Å². The average molecular weight is 546 g/mol. The van der Waals surface area contributed by atoms with Gasteiger partial charge in [0.1, 0.15) is 5.69 Å². The van der Waals surface area contributed by atoms with Crippen molar-refractivity contribution in [3.8, 4) is 34.3 Å². The van der Waals surface area contributed by atoms with Crippen molar-refractivity contribution in [3.63, 3.8) is 0 Å². The van der Waals surface area contributed by atoms with Crippen molar-refractivity contribution in [2.24, 2.45) is 0 Å². The van der Waals surface area contributed by atoms with Crippen LogP contribution in [0.3, 0.4) is 0 Å². The Morgan fingerprint density at radius 1 is 0.923 bits per heavy atom. The molecule has 3 heterocycles. The SMILES string of the molecule is Cc1cc(-c2nn(-c3ccc(-n4nccc4OC(F)F)cc3F)ccc2=O)n(-c2cccc(C(F)(F)F)c2)n1. The van der Waals surface area contributed by atoms with Crippen molar-refractivity contribution < 1.29 is 31.1 Å². The molecule has 8 nitrogen and oxygen atoms in total. The fourth-order valence-corrected chi connectivity index (χ4v) is 3.88. The number of hydrogen-bond acceptors (Lipinski definition) is 5. The van der Waals surface area contributed by atoms with Crippen LogP contribution in [0.5, 0.6) is 5.88 Å². The molecular weight excluding hydrogens is 530 g/mol. The number of hydrogen-bond donors (Lipinski definition) is 0. The lowest BCUT2D eigenvalue weighted by Gasteiger charge is -2.13. The molecule has 0 atom stereocenters. The van der Waals surface area contributed by atoms with E-state index in [0.29, 0.717) is 5.69 Å². The van der Waals surface area contributed by atoms with E-state index in [0.717, 1.165) is 38.3 Å². The molecule has 0 bridgehead atoms. The minimum absolute atomic E-state index is 0.0427. The van der Waals surface area contributed by atoms with Crippen LogP contribution in [0.15, 0.2) is 77.9 Å². The maximum Gasteiger partial charge on any atom is 0.416 e. The Morgan fingerprint density at radius 2 is 1.69 bits per heavy atom. The third-order valence-electron chi connectivity index (χ3n) is 5.54. The topological polar surface area (TPSA) is 79.8 Å². The molecule has 0 N–H and O–H groups in total. The Balaban J connectivity index is 1.56. The van der Waals surface area contributed by atoms with Crippen molar-refractivity contribution in [1.29, 1.82) is 0 Å². The molecule has 0 radical (unpaired) electrons. The van der Waals surface area contributed by atoms with Crippen LogP contribution in [0.25, 0.3) is 28.5 Å². The predicted octanol–water partition coefficient (Wildman–Crippen LogP) is 5.34. The van der Waals surface area contributed by atoms with E-state index in [4.69, 9.17) is 0 Å². The maximum atomic E-state index is 15.2. The van der Waals surface area contributed by atoms with Crippen LogP contribution in [0, 0.1) is 12.7 Å². The van der Waals surface area contributed by atoms with Gasteiger partial charge in [-0.2, -0.15) is 37.2 Å². The van der Waals surface area contributed by atoms with E-state index in [-0.39, 0.29) is 34.3 Å². The molecule has 2 aromatic carbocycles. The van der Waals surface area contributed by atoms with E-state index in [1.807, 2.05) is 0 Å². The summed E-state index contributed by atoms with van der Waals surface area (Å²) in [5.41, 5.74) is -1.17. The molecule has 39 heavy (non-hydrogen) atoms. The van der Waals surface area contributed by atoms with Gasteiger partial charge in [0, 0.05) is 24.4 Å². The minimum atomic E-state index is -4.59. The zero-order valence-corrected chi connectivity index (χ0v) is 19.8. The highest BCUT2D eigenvalue weighted by atomic mass is 19.4. The Hall–Kier alpha value is -4.88. The Morgan fingerprint density at radius 3 is 2.41 bits per heavy atom. The van der Waals surface area contributed by atoms with Crippen molar-refractivity contribution in [2.45, 2.75) is 19.7 Å². The van der Waals surface area contributed by atoms with Crippen LogP contribution >= 0.6 is 0 Å². The highest BCUT2D eigenvalue weighted by molar-refractivity contribution is 5.59. The summed E-state index contributed by atoms with van der Waals surface area (Å²) in [6.45, 7) is -1.52. The number of alkyl halides is 5. The fraction of sp³-hybridized carbons (Fsp3) is 0.120. The summed E-state index contributed by atoms with van der Waals surface area (Å²) in [5, 5.41) is 12.3. The van der Waals surface area contributed by atoms with Gasteiger partial charge in [-0.1, -0.05) is 6.07 Å². The molecule has 0 spiro atoms. The fourth-order valence-electron chi connectivity index (χ4n) is 3.88. The van der Waals surface area contributed by atoms with E-state index in [1.54, 1.807) is 6.92 Å². The molecule has 0 amide bonds. The molecule has 14 heteroatoms. The van der Waals surface area contributed by atoms with Gasteiger partial charge >= 0.3 is 12.8 Å². The van der Waals surface area contributed by atoms with Crippen LogP contribution in [-0.2, 0) is 6.18 Å². The summed E-state index contributed by atoms with van der Waals surface area (Å²) in [6, 6.07) is 11.8. The third-order valence-corrected chi connectivity index (χ3v) is 5.54. The lowest BCUT2D eigenvalue weighted by Crippen LogP contribution is -2.16. The standard InChI is InChI=1S/C25H16F6N6O2/c1-14-11-20(36(33-14)16-4-2-3-15(12-16)25(29,30)31)23-21(38)8-10-35(34-23)19-6-5-17(13-18(19)26)37-22(7-9-32-37)39-24(27)28/h2-13,24H,1H3. The highest BCUT2D eigenvalue weighted by Gasteiger charge is 2.31. The molecule has 0 aliphatic heterocycles. The number of rotatable bonds is 6. The summed E-state index contributed by atoms with van der Waals surface area (Å²) in [6.07, 6.45) is -2.18. The molecule has 0 aliphatic rings. The van der Waals surface area contributed by atoms with E-state index in [1.165, 1.54) is 48.8 Å². The number of nitrogens with zero attached hydrogens (tertiary/aromatic N) is 6. The number of aryl methyl sites for hydroxylation is 1. The summed E-state index contributed by atoms with van der Waals surface area (Å²) in [4.78, 5) is 12.8. The molecule has 5 rings (SSSR count). The number of aromatic nitrogens is 6. The van der Waals surface area contributed by atoms with Gasteiger partial charge in [0.05, 0.1) is 34.5 Å². The van der Waals surface area contributed by atoms with Crippen molar-refractivity contribution in [3.05, 3.63) is 100 Å². The minimum Gasteiger partial charge on any atom is -0.417 e. The first-order chi connectivity index (χ1) is 18.5. The predicted molar refractivity (Wildman–Crippen MR) is 126 cm³/mol. The smallest absolute Gasteiger partial charge is 0.416 e. The van der Waals surface area contributed by atoms with E-state index in [2.05, 4.69) is 20.0 Å². The summed E-state index contributed by atoms with van der Waals surface area (Å²) >= 11 is 0. The molecule has 0 fully saturated rings. The molecule has 5 aromatic rings. The number of ether oxygens (including phenoxy) is 1. The third kappa shape index (κ3) is 5.12. The van der Waals surface area contributed by atoms with E-state index < -0.39 is 29.6 Å². The average Bonchev–Trinajstić information content (AvgIpc) is 3.50. The van der Waals surface area contributed by atoms with E-state index >= 15 is 4.39 Å². The molecule has 0 saturated carbocycles. The number of halogens is 6. The van der Waals surface area contributed by atoms with Crippen molar-refractivity contribution in [2.75, 3.05) is 0 Å². The summed E-state index contributed by atoms with van der Waals surface area (Å²) in [5.74, 6) is -1.14. The highest BCUT2D eigenvalue weighted by Crippen LogP contribution is 2.31. The molecule has 0 unspecified atom stereocenters. The lowest BCUT2D eigenvalue weighted by molar-refractivity contribution is -0.137. The Bertz CT molecular complexity index is 1720. The molecular formula is C25H16F6N6O2. The van der Waals surface area contributed by atoms with Gasteiger partial charge in [-0.25, -0.2) is 18.4 Å². The first kappa shape index (κ1) is 25.8. The van der Waals surface area contributed by atoms with Gasteiger partial charge < -0.3 is 4.74 Å². The van der Waals surface area contributed by atoms with Gasteiger partial charge in [0.2, 0.25) is 11.3 Å². The van der Waals surface area contributed by atoms with Crippen LogP contribution in [-0.4, -0.2) is 36.0 Å². The molecule has 3 aromatic heterocycles. The van der Waals surface area contributed by atoms with Crippen molar-refractivity contribution >= 4 is 0 Å². The Kier molecular flexibility index (Phi) is 6.46.